The molecule has 1 aromatic carbocycles. The van der Waals surface area contributed by atoms with Crippen molar-refractivity contribution in [3.63, 3.8) is 0 Å². The van der Waals surface area contributed by atoms with Gasteiger partial charge in [0.1, 0.15) is 12.5 Å². The van der Waals surface area contributed by atoms with Gasteiger partial charge in [-0.3, -0.25) is 4.79 Å². The van der Waals surface area contributed by atoms with Crippen LogP contribution in [-0.2, 0) is 20.9 Å². The molecule has 0 unspecified atom stereocenters. The van der Waals surface area contributed by atoms with Crippen molar-refractivity contribution in [3.05, 3.63) is 35.9 Å². The fraction of sp³-hybridized carbons (Fsp3) is 0.500. The minimum atomic E-state index is -1.05. The Bertz CT molecular complexity index is 535. The molecule has 1 saturated heterocycles. The number of carbonyl (C=O) groups excluding carboxylic acids is 2. The Balaban J connectivity index is 1.99. The van der Waals surface area contributed by atoms with E-state index in [1.807, 2.05) is 30.3 Å². The maximum atomic E-state index is 12.2. The molecule has 0 bridgehead atoms. The van der Waals surface area contributed by atoms with Gasteiger partial charge in [0.25, 0.3) is 0 Å². The Morgan fingerprint density at radius 3 is 2.57 bits per heavy atom. The van der Waals surface area contributed by atoms with E-state index in [0.29, 0.717) is 0 Å². The Hall–Kier alpha value is -2.12. The van der Waals surface area contributed by atoms with Crippen molar-refractivity contribution >= 4 is 12.1 Å². The minimum absolute atomic E-state index is 0.00202. The van der Waals surface area contributed by atoms with Crippen LogP contribution in [0.3, 0.4) is 0 Å². The van der Waals surface area contributed by atoms with Gasteiger partial charge < -0.3 is 24.6 Å². The molecule has 2 rings (SSSR count). The van der Waals surface area contributed by atoms with Crippen LogP contribution in [0.15, 0.2) is 30.3 Å². The summed E-state index contributed by atoms with van der Waals surface area (Å²) in [5.41, 5.74) is 0.848. The number of piperidine rings is 1. The van der Waals surface area contributed by atoms with Gasteiger partial charge in [0.05, 0.1) is 19.8 Å². The van der Waals surface area contributed by atoms with Crippen molar-refractivity contribution in [3.8, 4) is 0 Å². The maximum absolute atomic E-state index is 12.2. The summed E-state index contributed by atoms with van der Waals surface area (Å²) in [5.74, 6) is -2.12. The second-order valence-electron chi connectivity index (χ2n) is 5.51. The quantitative estimate of drug-likeness (QED) is 0.779. The van der Waals surface area contributed by atoms with Crippen molar-refractivity contribution in [2.24, 2.45) is 11.8 Å². The van der Waals surface area contributed by atoms with E-state index in [2.05, 4.69) is 4.74 Å². The number of hydrogen-bond donors (Lipinski definition) is 2. The molecule has 3 atom stereocenters. The summed E-state index contributed by atoms with van der Waals surface area (Å²) in [7, 11) is 1.22. The SMILES string of the molecule is COC(=O)[C@@H]1CN(C(=O)OCc2ccccc2)C[C@H](CO)[C@@H]1O. The zero-order valence-electron chi connectivity index (χ0n) is 12.9. The third-order valence-corrected chi connectivity index (χ3v) is 3.97. The summed E-state index contributed by atoms with van der Waals surface area (Å²) in [5, 5.41) is 19.4. The zero-order chi connectivity index (χ0) is 16.8. The lowest BCUT2D eigenvalue weighted by atomic mass is 9.86. The van der Waals surface area contributed by atoms with Crippen LogP contribution in [0.1, 0.15) is 5.56 Å². The molecule has 1 heterocycles. The van der Waals surface area contributed by atoms with Gasteiger partial charge in [-0.25, -0.2) is 4.79 Å². The number of carbonyl (C=O) groups is 2. The van der Waals surface area contributed by atoms with Crippen molar-refractivity contribution in [2.75, 3.05) is 26.8 Å². The lowest BCUT2D eigenvalue weighted by Crippen LogP contribution is -2.55. The number of rotatable bonds is 4. The fourth-order valence-corrected chi connectivity index (χ4v) is 2.63. The van der Waals surface area contributed by atoms with E-state index in [1.54, 1.807) is 0 Å². The van der Waals surface area contributed by atoms with Gasteiger partial charge in [-0.2, -0.15) is 0 Å². The van der Waals surface area contributed by atoms with Crippen LogP contribution in [0, 0.1) is 11.8 Å². The largest absolute Gasteiger partial charge is 0.469 e. The third kappa shape index (κ3) is 4.20. The second kappa shape index (κ2) is 7.94. The molecule has 1 aliphatic rings. The average molecular weight is 323 g/mol. The fourth-order valence-electron chi connectivity index (χ4n) is 2.63. The summed E-state index contributed by atoms with van der Waals surface area (Å²) < 4.78 is 9.88. The van der Waals surface area contributed by atoms with E-state index in [1.165, 1.54) is 12.0 Å². The lowest BCUT2D eigenvalue weighted by molar-refractivity contribution is -0.155. The van der Waals surface area contributed by atoms with Crippen molar-refractivity contribution in [2.45, 2.75) is 12.7 Å². The molecule has 0 radical (unpaired) electrons. The van der Waals surface area contributed by atoms with Crippen LogP contribution in [0.25, 0.3) is 0 Å². The van der Waals surface area contributed by atoms with Crippen LogP contribution < -0.4 is 0 Å². The first-order valence-corrected chi connectivity index (χ1v) is 7.39. The topological polar surface area (TPSA) is 96.3 Å². The van der Waals surface area contributed by atoms with E-state index >= 15 is 0 Å². The Morgan fingerprint density at radius 1 is 1.26 bits per heavy atom. The first kappa shape index (κ1) is 17.2. The molecular formula is C16H21NO6. The van der Waals surface area contributed by atoms with Gasteiger partial charge in [0.2, 0.25) is 0 Å². The van der Waals surface area contributed by atoms with Gasteiger partial charge in [-0.05, 0) is 5.56 Å². The lowest BCUT2D eigenvalue weighted by Gasteiger charge is -2.38. The van der Waals surface area contributed by atoms with Crippen molar-refractivity contribution in [1.29, 1.82) is 0 Å². The second-order valence-corrected chi connectivity index (χ2v) is 5.51. The van der Waals surface area contributed by atoms with E-state index in [9.17, 15) is 19.8 Å². The predicted molar refractivity (Wildman–Crippen MR) is 80.3 cm³/mol. The van der Waals surface area contributed by atoms with Gasteiger partial charge in [0.15, 0.2) is 0 Å². The van der Waals surface area contributed by atoms with E-state index in [4.69, 9.17) is 4.74 Å². The zero-order valence-corrected chi connectivity index (χ0v) is 12.9. The number of methoxy groups -OCH3 is 1. The molecule has 0 saturated carbocycles. The highest BCUT2D eigenvalue weighted by Gasteiger charge is 2.42. The van der Waals surface area contributed by atoms with Crippen LogP contribution in [0.4, 0.5) is 4.79 Å². The molecule has 1 fully saturated rings. The van der Waals surface area contributed by atoms with Gasteiger partial charge >= 0.3 is 12.1 Å². The smallest absolute Gasteiger partial charge is 0.410 e. The molecule has 1 aliphatic heterocycles. The highest BCUT2D eigenvalue weighted by Crippen LogP contribution is 2.24. The number of aliphatic hydroxyl groups is 2. The van der Waals surface area contributed by atoms with Crippen LogP contribution in [-0.4, -0.2) is 60.1 Å². The third-order valence-electron chi connectivity index (χ3n) is 3.97. The summed E-state index contributed by atoms with van der Waals surface area (Å²) in [6.07, 6.45) is -1.64. The molecule has 7 nitrogen and oxygen atoms in total. The van der Waals surface area contributed by atoms with Crippen LogP contribution in [0.2, 0.25) is 0 Å². The first-order valence-electron chi connectivity index (χ1n) is 7.39. The Labute approximate surface area is 134 Å². The molecule has 1 amide bonds. The molecule has 1 aromatic rings. The van der Waals surface area contributed by atoms with E-state index in [-0.39, 0.29) is 26.3 Å². The summed E-state index contributed by atoms with van der Waals surface area (Å²) in [4.78, 5) is 25.2. The Kier molecular flexibility index (Phi) is 5.95. The number of esters is 1. The van der Waals surface area contributed by atoms with Gasteiger partial charge in [0, 0.05) is 19.0 Å². The van der Waals surface area contributed by atoms with Crippen molar-refractivity contribution in [1.82, 2.24) is 4.90 Å². The number of aliphatic hydroxyl groups excluding tert-OH is 2. The summed E-state index contributed by atoms with van der Waals surface area (Å²) >= 11 is 0. The molecule has 0 aliphatic carbocycles. The molecule has 23 heavy (non-hydrogen) atoms. The molecule has 0 aromatic heterocycles. The highest BCUT2D eigenvalue weighted by atomic mass is 16.6. The number of benzene rings is 1. The van der Waals surface area contributed by atoms with Crippen molar-refractivity contribution < 1.29 is 29.3 Å². The number of hydrogen-bond acceptors (Lipinski definition) is 6. The normalized spacial score (nSPS) is 24.1. The average Bonchev–Trinajstić information content (AvgIpc) is 2.60. The van der Waals surface area contributed by atoms with Crippen LogP contribution >= 0.6 is 0 Å². The maximum Gasteiger partial charge on any atom is 0.410 e. The standard InChI is InChI=1S/C16H21NO6/c1-22-15(20)13-8-17(7-12(9-18)14(13)19)16(21)23-10-11-5-3-2-4-6-11/h2-6,12-14,18-19H,7-10H2,1H3/t12-,13-,14+/m1/s1. The van der Waals surface area contributed by atoms with E-state index < -0.39 is 30.0 Å². The van der Waals surface area contributed by atoms with Crippen LogP contribution in [0.5, 0.6) is 0 Å². The monoisotopic (exact) mass is 323 g/mol. The molecule has 0 spiro atoms. The minimum Gasteiger partial charge on any atom is -0.469 e. The Morgan fingerprint density at radius 2 is 1.96 bits per heavy atom. The first-order chi connectivity index (χ1) is 11.1. The molecule has 126 valence electrons. The number of nitrogens with zero attached hydrogens (tertiary/aromatic N) is 1. The summed E-state index contributed by atoms with van der Waals surface area (Å²) in [6, 6.07) is 9.22. The summed E-state index contributed by atoms with van der Waals surface area (Å²) in [6.45, 7) is -0.0979. The predicted octanol–water partition coefficient (Wildman–Crippen LogP) is 0.397. The molecular weight excluding hydrogens is 302 g/mol. The van der Waals surface area contributed by atoms with Gasteiger partial charge in [-0.1, -0.05) is 30.3 Å². The number of likely N-dealkylation sites (tertiary alicyclic amines) is 1. The number of amides is 1. The highest BCUT2D eigenvalue weighted by molar-refractivity contribution is 5.75. The molecule has 7 heteroatoms. The molecule has 2 N–H and O–H groups in total. The van der Waals surface area contributed by atoms with E-state index in [0.717, 1.165) is 5.56 Å². The van der Waals surface area contributed by atoms with Gasteiger partial charge in [-0.15, -0.1) is 0 Å². The number of ether oxygens (including phenoxy) is 2.